The predicted molar refractivity (Wildman–Crippen MR) is 313 cm³/mol. The third-order valence-electron chi connectivity index (χ3n) is 15.5. The van der Waals surface area contributed by atoms with Crippen LogP contribution in [-0.4, -0.2) is 29.1 Å². The van der Waals surface area contributed by atoms with Crippen LogP contribution in [0.25, 0.3) is 128 Å². The number of aromatic nitrogens is 6. The Bertz CT molecular complexity index is 4360. The predicted octanol–water partition coefficient (Wildman–Crippen LogP) is 17.3. The zero-order valence-corrected chi connectivity index (χ0v) is 41.6. The van der Waals surface area contributed by atoms with Crippen molar-refractivity contribution in [2.75, 3.05) is 0 Å². The molecule has 0 aliphatic heterocycles. The first kappa shape index (κ1) is 43.8. The summed E-state index contributed by atoms with van der Waals surface area (Å²) in [5, 5.41) is 4.72. The Balaban J connectivity index is 1.00. The van der Waals surface area contributed by atoms with E-state index in [0.717, 1.165) is 92.8 Å². The molecule has 0 saturated carbocycles. The molecule has 0 unspecified atom stereocenters. The largest absolute Gasteiger partial charge is 0.278 e. The lowest BCUT2D eigenvalue weighted by Gasteiger charge is -2.22. The molecule has 0 N–H and O–H groups in total. The molecule has 15 rings (SSSR count). The highest BCUT2D eigenvalue weighted by Crippen LogP contribution is 2.46. The highest BCUT2D eigenvalue weighted by atomic mass is 15.2. The number of allylic oxidation sites excluding steroid dienone is 4. The summed E-state index contributed by atoms with van der Waals surface area (Å²) in [7, 11) is 0. The summed E-state index contributed by atoms with van der Waals surface area (Å²) in [5.41, 5.74) is 21.9. The average molecular weight is 973 g/mol. The molecule has 0 atom stereocenters. The van der Waals surface area contributed by atoms with Crippen LogP contribution < -0.4 is 0 Å². The Kier molecular flexibility index (Phi) is 10.4. The molecule has 2 aliphatic carbocycles. The van der Waals surface area contributed by atoms with Crippen LogP contribution >= 0.6 is 0 Å². The lowest BCUT2D eigenvalue weighted by atomic mass is 9.83. The third kappa shape index (κ3) is 7.40. The molecule has 4 aromatic heterocycles. The number of hydrogen-bond acceptors (Lipinski definition) is 4. The molecule has 2 aliphatic rings. The maximum absolute atomic E-state index is 5.48. The van der Waals surface area contributed by atoms with Gasteiger partial charge in [0.25, 0.3) is 0 Å². The van der Waals surface area contributed by atoms with Gasteiger partial charge in [0.15, 0.2) is 0 Å². The van der Waals surface area contributed by atoms with Crippen molar-refractivity contribution in [3.63, 3.8) is 0 Å². The maximum Gasteiger partial charge on any atom is 0.235 e. The average Bonchev–Trinajstić information content (AvgIpc) is 4.05. The molecule has 76 heavy (non-hydrogen) atoms. The van der Waals surface area contributed by atoms with Crippen molar-refractivity contribution in [1.29, 1.82) is 0 Å². The van der Waals surface area contributed by atoms with Gasteiger partial charge < -0.3 is 0 Å². The molecule has 9 aromatic carbocycles. The zero-order chi connectivity index (χ0) is 50.1. The van der Waals surface area contributed by atoms with Crippen molar-refractivity contribution in [1.82, 2.24) is 29.1 Å². The standard InChI is InChI=1S/C70H48N6/c1-7-19-45(20-8-1)51-33-38-66-58(39-51)56-36-35-54-55(68(56)76(66)70-73-63(49-27-15-5-16-28-49)44-64(74-70)50-29-17-6-18-30-50)34-31-53-41-60-59-40-52(46-21-9-2-10-22-46)32-37-65(59)75(67(60)42-57(53)54)69-71-61(47-23-11-3-12-24-47)43-62(72-69)48-25-13-4-14-26-48/h1,3-9,11-30,32-33,35-44H,2,10,31,34H2. The number of rotatable bonds is 8. The monoisotopic (exact) mass is 972 g/mol. The molecule has 358 valence electrons. The summed E-state index contributed by atoms with van der Waals surface area (Å²) >= 11 is 0. The van der Waals surface area contributed by atoms with Gasteiger partial charge in [0.2, 0.25) is 11.9 Å². The fraction of sp³-hybridized carbons (Fsp3) is 0.0571. The summed E-state index contributed by atoms with van der Waals surface area (Å²) < 4.78 is 4.66. The number of nitrogens with zero attached hydrogens (tertiary/aromatic N) is 6. The topological polar surface area (TPSA) is 61.4 Å². The lowest BCUT2D eigenvalue weighted by molar-refractivity contribution is 0.931. The first-order valence-corrected chi connectivity index (χ1v) is 26.3. The summed E-state index contributed by atoms with van der Waals surface area (Å²) in [6.07, 6.45) is 10.8. The van der Waals surface area contributed by atoms with Crippen molar-refractivity contribution in [2.24, 2.45) is 0 Å². The fourth-order valence-electron chi connectivity index (χ4n) is 11.8. The second-order valence-corrected chi connectivity index (χ2v) is 20.0. The van der Waals surface area contributed by atoms with Gasteiger partial charge in [0, 0.05) is 43.8 Å². The van der Waals surface area contributed by atoms with E-state index in [1.807, 2.05) is 0 Å². The normalized spacial score (nSPS) is 13.1. The Labute approximate surface area is 440 Å². The van der Waals surface area contributed by atoms with Crippen LogP contribution in [0.5, 0.6) is 0 Å². The van der Waals surface area contributed by atoms with Crippen LogP contribution in [0, 0.1) is 0 Å². The molecule has 4 heterocycles. The van der Waals surface area contributed by atoms with Crippen LogP contribution in [0.2, 0.25) is 0 Å². The Hall–Kier alpha value is -9.78. The molecule has 0 bridgehead atoms. The first-order chi connectivity index (χ1) is 37.7. The van der Waals surface area contributed by atoms with Gasteiger partial charge in [-0.2, -0.15) is 0 Å². The Morgan fingerprint density at radius 3 is 1.37 bits per heavy atom. The van der Waals surface area contributed by atoms with E-state index in [9.17, 15) is 0 Å². The van der Waals surface area contributed by atoms with Crippen molar-refractivity contribution < 1.29 is 0 Å². The summed E-state index contributed by atoms with van der Waals surface area (Å²) in [5.74, 6) is 1.28. The van der Waals surface area contributed by atoms with E-state index in [1.54, 1.807) is 0 Å². The molecule has 6 heteroatoms. The molecule has 0 amide bonds. The first-order valence-electron chi connectivity index (χ1n) is 26.3. The van der Waals surface area contributed by atoms with Crippen molar-refractivity contribution >= 4 is 49.2 Å². The van der Waals surface area contributed by atoms with Gasteiger partial charge in [0.1, 0.15) is 0 Å². The lowest BCUT2D eigenvalue weighted by Crippen LogP contribution is -2.09. The van der Waals surface area contributed by atoms with Crippen LogP contribution in [0.3, 0.4) is 0 Å². The van der Waals surface area contributed by atoms with E-state index >= 15 is 0 Å². The maximum atomic E-state index is 5.48. The number of hydrogen-bond donors (Lipinski definition) is 0. The minimum atomic E-state index is 0.634. The molecular formula is C70H48N6. The molecule has 0 fully saturated rings. The van der Waals surface area contributed by atoms with Gasteiger partial charge in [-0.3, -0.25) is 9.13 Å². The molecule has 0 spiro atoms. The summed E-state index contributed by atoms with van der Waals surface area (Å²) in [6, 6.07) is 80.2. The van der Waals surface area contributed by atoms with E-state index in [2.05, 4.69) is 252 Å². The molecular weight excluding hydrogens is 925 g/mol. The van der Waals surface area contributed by atoms with Gasteiger partial charge >= 0.3 is 0 Å². The third-order valence-corrected chi connectivity index (χ3v) is 15.5. The minimum Gasteiger partial charge on any atom is -0.278 e. The second kappa shape index (κ2) is 18.0. The van der Waals surface area contributed by atoms with E-state index < -0.39 is 0 Å². The van der Waals surface area contributed by atoms with Gasteiger partial charge in [-0.1, -0.05) is 194 Å². The van der Waals surface area contributed by atoms with Crippen molar-refractivity contribution in [3.05, 3.63) is 259 Å². The van der Waals surface area contributed by atoms with E-state index in [0.29, 0.717) is 11.9 Å². The van der Waals surface area contributed by atoms with Gasteiger partial charge in [-0.05, 0) is 119 Å². The Morgan fingerprint density at radius 2 is 0.816 bits per heavy atom. The highest BCUT2D eigenvalue weighted by molar-refractivity contribution is 6.15. The second-order valence-electron chi connectivity index (χ2n) is 20.0. The van der Waals surface area contributed by atoms with Crippen molar-refractivity contribution in [2.45, 2.75) is 25.7 Å². The van der Waals surface area contributed by atoms with Crippen LogP contribution in [0.1, 0.15) is 29.5 Å². The van der Waals surface area contributed by atoms with Crippen molar-refractivity contribution in [3.8, 4) is 79.2 Å². The quantitative estimate of drug-likeness (QED) is 0.152. The van der Waals surface area contributed by atoms with Gasteiger partial charge in [-0.15, -0.1) is 0 Å². The van der Waals surface area contributed by atoms with Gasteiger partial charge in [-0.25, -0.2) is 19.9 Å². The highest BCUT2D eigenvalue weighted by Gasteiger charge is 2.28. The summed E-state index contributed by atoms with van der Waals surface area (Å²) in [4.78, 5) is 21.9. The van der Waals surface area contributed by atoms with Crippen LogP contribution in [0.15, 0.2) is 243 Å². The Morgan fingerprint density at radius 1 is 0.329 bits per heavy atom. The van der Waals surface area contributed by atoms with Crippen LogP contribution in [-0.2, 0) is 12.8 Å². The van der Waals surface area contributed by atoms with E-state index in [-0.39, 0.29) is 0 Å². The molecule has 6 nitrogen and oxygen atoms in total. The number of benzene rings is 9. The smallest absolute Gasteiger partial charge is 0.235 e. The zero-order valence-electron chi connectivity index (χ0n) is 41.6. The van der Waals surface area contributed by atoms with E-state index in [4.69, 9.17) is 19.9 Å². The molecule has 13 aromatic rings. The van der Waals surface area contributed by atoms with Gasteiger partial charge in [0.05, 0.1) is 44.8 Å². The molecule has 0 saturated heterocycles. The summed E-state index contributed by atoms with van der Waals surface area (Å²) in [6.45, 7) is 0. The minimum absolute atomic E-state index is 0.634. The van der Waals surface area contributed by atoms with E-state index in [1.165, 1.54) is 66.1 Å². The van der Waals surface area contributed by atoms with Crippen LogP contribution in [0.4, 0.5) is 0 Å². The fourth-order valence-corrected chi connectivity index (χ4v) is 11.8. The molecule has 0 radical (unpaired) electrons. The number of fused-ring (bicyclic) bond motifs is 10. The number of aryl methyl sites for hydroxylation is 2. The SMILES string of the molecule is C1=CC(c2ccc3c(c2)c2cc4c(cc2n3-c2nc(-c3ccccc3)cc(-c3ccccc3)n2)-c2ccc3c5cc(-c6ccccc6)ccc5n(-c5nc(-c6ccccc6)cc(-c6ccccc6)n5)c3c2CC4)=CCC1.